The molecule has 0 spiro atoms. The summed E-state index contributed by atoms with van der Waals surface area (Å²) < 4.78 is 17.1. The maximum absolute atomic E-state index is 13.8. The minimum atomic E-state index is -0.312. The fourth-order valence-electron chi connectivity index (χ4n) is 4.61. The molecule has 0 bridgehead atoms. The summed E-state index contributed by atoms with van der Waals surface area (Å²) in [6.07, 6.45) is 3.79. The Bertz CT molecular complexity index is 1320. The molecule has 3 heterocycles. The van der Waals surface area contributed by atoms with Crippen LogP contribution in [0.5, 0.6) is 0 Å². The number of rotatable bonds is 4. The van der Waals surface area contributed by atoms with Crippen LogP contribution in [0.2, 0.25) is 0 Å². The highest BCUT2D eigenvalue weighted by molar-refractivity contribution is 5.99. The Morgan fingerprint density at radius 1 is 0.912 bits per heavy atom. The Hall–Kier alpha value is -3.87. The molecule has 0 unspecified atom stereocenters. The van der Waals surface area contributed by atoms with E-state index in [0.717, 1.165) is 13.1 Å². The zero-order valence-corrected chi connectivity index (χ0v) is 19.7. The van der Waals surface area contributed by atoms with E-state index in [1.807, 2.05) is 40.9 Å². The fraction of sp³-hybridized carbons (Fsp3) is 0.259. The Kier molecular flexibility index (Phi) is 5.69. The molecule has 1 fully saturated rings. The predicted molar refractivity (Wildman–Crippen MR) is 132 cm³/mol. The summed E-state index contributed by atoms with van der Waals surface area (Å²) in [6.45, 7) is 8.92. The molecule has 1 aliphatic rings. The van der Waals surface area contributed by atoms with Gasteiger partial charge in [-0.05, 0) is 74.4 Å². The summed E-state index contributed by atoms with van der Waals surface area (Å²) in [5, 5.41) is 4.68. The number of benzene rings is 2. The lowest BCUT2D eigenvalue weighted by atomic mass is 10.1. The van der Waals surface area contributed by atoms with Crippen LogP contribution >= 0.6 is 0 Å². The van der Waals surface area contributed by atoms with Crippen LogP contribution in [0.1, 0.15) is 27.2 Å². The van der Waals surface area contributed by atoms with Crippen molar-refractivity contribution >= 4 is 11.6 Å². The first-order valence-corrected chi connectivity index (χ1v) is 11.5. The summed E-state index contributed by atoms with van der Waals surface area (Å²) >= 11 is 0. The number of nitrogens with zero attached hydrogens (tertiary/aromatic N) is 5. The second-order valence-corrected chi connectivity index (χ2v) is 8.83. The van der Waals surface area contributed by atoms with Gasteiger partial charge in [0.2, 0.25) is 0 Å². The van der Waals surface area contributed by atoms with Crippen LogP contribution in [-0.2, 0) is 0 Å². The molecule has 0 N–H and O–H groups in total. The molecule has 2 aromatic heterocycles. The van der Waals surface area contributed by atoms with E-state index in [0.29, 0.717) is 35.9 Å². The number of hydrogen-bond acceptors (Lipinski definition) is 3. The molecule has 0 radical (unpaired) electrons. The molecule has 2 aromatic carbocycles. The van der Waals surface area contributed by atoms with E-state index in [9.17, 15) is 9.18 Å². The Morgan fingerprint density at radius 2 is 1.59 bits per heavy atom. The highest BCUT2D eigenvalue weighted by Gasteiger charge is 2.30. The lowest BCUT2D eigenvalue weighted by Crippen LogP contribution is -2.49. The number of carbonyl (C=O) groups excluding carboxylic acids is 1. The minimum absolute atomic E-state index is 0.0322. The molecule has 34 heavy (non-hydrogen) atoms. The smallest absolute Gasteiger partial charge is 0.259 e. The molecular weight excluding hydrogens is 429 g/mol. The van der Waals surface area contributed by atoms with Crippen LogP contribution < -0.4 is 4.90 Å². The molecule has 5 rings (SSSR count). The monoisotopic (exact) mass is 457 g/mol. The van der Waals surface area contributed by atoms with Gasteiger partial charge in [-0.3, -0.25) is 4.79 Å². The van der Waals surface area contributed by atoms with Crippen molar-refractivity contribution in [1.29, 1.82) is 0 Å². The second-order valence-electron chi connectivity index (χ2n) is 8.83. The number of amides is 1. The normalized spacial score (nSPS) is 14.0. The van der Waals surface area contributed by atoms with Gasteiger partial charge in [0, 0.05) is 44.3 Å². The van der Waals surface area contributed by atoms with Crippen molar-refractivity contribution in [2.75, 3.05) is 31.1 Å². The van der Waals surface area contributed by atoms with Gasteiger partial charge in [0.25, 0.3) is 5.91 Å². The molecule has 174 valence electrons. The molecule has 1 saturated heterocycles. The quantitative estimate of drug-likeness (QED) is 0.447. The van der Waals surface area contributed by atoms with Gasteiger partial charge >= 0.3 is 0 Å². The molecule has 6 nitrogen and oxygen atoms in total. The van der Waals surface area contributed by atoms with Gasteiger partial charge in [-0.25, -0.2) is 9.07 Å². The zero-order chi connectivity index (χ0) is 23.8. The second kappa shape index (κ2) is 8.82. The highest BCUT2D eigenvalue weighted by atomic mass is 19.1. The number of halogens is 1. The van der Waals surface area contributed by atoms with Crippen molar-refractivity contribution in [2.24, 2.45) is 0 Å². The van der Waals surface area contributed by atoms with Gasteiger partial charge in [-0.15, -0.1) is 0 Å². The van der Waals surface area contributed by atoms with Crippen LogP contribution in [0.25, 0.3) is 11.5 Å². The van der Waals surface area contributed by atoms with E-state index < -0.39 is 0 Å². The Labute approximate surface area is 198 Å². The van der Waals surface area contributed by atoms with Gasteiger partial charge in [0.05, 0.1) is 11.4 Å². The van der Waals surface area contributed by atoms with E-state index >= 15 is 0 Å². The van der Waals surface area contributed by atoms with Gasteiger partial charge in [-0.1, -0.05) is 12.1 Å². The molecular formula is C27H28FN5O. The first-order valence-electron chi connectivity index (χ1n) is 11.5. The van der Waals surface area contributed by atoms with E-state index in [2.05, 4.69) is 42.0 Å². The number of aromatic nitrogens is 3. The summed E-state index contributed by atoms with van der Waals surface area (Å²) in [7, 11) is 0. The van der Waals surface area contributed by atoms with Crippen LogP contribution in [0, 0.1) is 26.6 Å². The average Bonchev–Trinajstić information content (AvgIpc) is 3.48. The summed E-state index contributed by atoms with van der Waals surface area (Å²) in [4.78, 5) is 18.0. The van der Waals surface area contributed by atoms with Crippen LogP contribution in [0.15, 0.2) is 67.0 Å². The average molecular weight is 458 g/mol. The van der Waals surface area contributed by atoms with E-state index in [-0.39, 0.29) is 11.7 Å². The van der Waals surface area contributed by atoms with Crippen LogP contribution in [0.3, 0.4) is 0 Å². The number of hydrogen-bond donors (Lipinski definition) is 0. The third kappa shape index (κ3) is 3.98. The van der Waals surface area contributed by atoms with Crippen LogP contribution in [0.4, 0.5) is 10.1 Å². The lowest BCUT2D eigenvalue weighted by molar-refractivity contribution is 0.0746. The van der Waals surface area contributed by atoms with E-state index in [1.165, 1.54) is 28.9 Å². The first kappa shape index (κ1) is 21.9. The summed E-state index contributed by atoms with van der Waals surface area (Å²) in [5.41, 5.74) is 5.64. The van der Waals surface area contributed by atoms with Gasteiger partial charge in [-0.2, -0.15) is 5.10 Å². The number of aryl methyl sites for hydroxylation is 3. The maximum atomic E-state index is 13.8. The van der Waals surface area contributed by atoms with Crippen molar-refractivity contribution in [3.63, 3.8) is 0 Å². The summed E-state index contributed by atoms with van der Waals surface area (Å²) in [6, 6.07) is 16.5. The van der Waals surface area contributed by atoms with Crippen molar-refractivity contribution in [3.8, 4) is 11.5 Å². The largest absolute Gasteiger partial charge is 0.368 e. The molecule has 1 amide bonds. The van der Waals surface area contributed by atoms with Gasteiger partial charge < -0.3 is 14.4 Å². The lowest BCUT2D eigenvalue weighted by Gasteiger charge is -2.37. The molecule has 4 aromatic rings. The third-order valence-corrected chi connectivity index (χ3v) is 6.44. The topological polar surface area (TPSA) is 46.3 Å². The number of anilines is 1. The summed E-state index contributed by atoms with van der Waals surface area (Å²) in [5.74, 6) is 0.319. The minimum Gasteiger partial charge on any atom is -0.368 e. The maximum Gasteiger partial charge on any atom is 0.259 e. The highest BCUT2D eigenvalue weighted by Crippen LogP contribution is 2.27. The SMILES string of the molecule is Cc1ccc(C)c(N2CCN(C(=O)c3c(C)nn(-c4ccc(F)cc4)c3-n3cccc3)CC2)c1. The van der Waals surface area contributed by atoms with Gasteiger partial charge in [0.15, 0.2) is 5.82 Å². The van der Waals surface area contributed by atoms with Crippen molar-refractivity contribution in [1.82, 2.24) is 19.2 Å². The molecule has 0 atom stereocenters. The van der Waals surface area contributed by atoms with Gasteiger partial charge in [0.1, 0.15) is 11.4 Å². The van der Waals surface area contributed by atoms with Crippen molar-refractivity contribution in [3.05, 3.63) is 95.2 Å². The molecule has 7 heteroatoms. The molecule has 1 aliphatic heterocycles. The molecule has 0 saturated carbocycles. The first-order chi connectivity index (χ1) is 16.4. The predicted octanol–water partition coefficient (Wildman–Crippen LogP) is 4.69. The van der Waals surface area contributed by atoms with Crippen molar-refractivity contribution < 1.29 is 9.18 Å². The standard InChI is InChI=1S/C27H28FN5O/c1-19-6-7-20(2)24(18-19)30-14-16-32(17-15-30)27(34)25-21(3)29-33(23-10-8-22(28)9-11-23)26(25)31-12-4-5-13-31/h4-13,18H,14-17H2,1-3H3. The van der Waals surface area contributed by atoms with Crippen LogP contribution in [-0.4, -0.2) is 51.3 Å². The fourth-order valence-corrected chi connectivity index (χ4v) is 4.61. The number of piperazine rings is 1. The van der Waals surface area contributed by atoms with E-state index in [4.69, 9.17) is 0 Å². The Balaban J connectivity index is 1.45. The van der Waals surface area contributed by atoms with E-state index in [1.54, 1.807) is 16.8 Å². The third-order valence-electron chi connectivity index (χ3n) is 6.44. The zero-order valence-electron chi connectivity index (χ0n) is 19.7. The molecule has 0 aliphatic carbocycles. The number of carbonyl (C=O) groups is 1. The Morgan fingerprint density at radius 3 is 2.26 bits per heavy atom. The van der Waals surface area contributed by atoms with Crippen molar-refractivity contribution in [2.45, 2.75) is 20.8 Å².